The van der Waals surface area contributed by atoms with Gasteiger partial charge >= 0.3 is 0 Å². The Kier molecular flexibility index (Phi) is 2.47. The van der Waals surface area contributed by atoms with Crippen molar-refractivity contribution in [3.63, 3.8) is 0 Å². The zero-order valence-electron chi connectivity index (χ0n) is 5.65. The summed E-state index contributed by atoms with van der Waals surface area (Å²) in [5, 5.41) is 0.627. The molecule has 0 unspecified atom stereocenters. The number of aromatic nitrogens is 2. The van der Waals surface area contributed by atoms with E-state index in [-0.39, 0.29) is 27.3 Å². The second-order valence-corrected chi connectivity index (χ2v) is 1.89. The molecule has 1 aromatic rings. The molecule has 6 heteroatoms. The van der Waals surface area contributed by atoms with Gasteiger partial charge in [-0.25, -0.2) is 15.0 Å². The zero-order chi connectivity index (χ0) is 6.97. The van der Waals surface area contributed by atoms with Gasteiger partial charge in [-0.2, -0.15) is 0 Å². The van der Waals surface area contributed by atoms with Crippen molar-refractivity contribution in [1.29, 1.82) is 0 Å². The number of fused-ring (bicyclic) bond motifs is 1. The van der Waals surface area contributed by atoms with Crippen LogP contribution >= 0.6 is 0 Å². The van der Waals surface area contributed by atoms with Gasteiger partial charge in [0.15, 0.2) is 11.3 Å². The van der Waals surface area contributed by atoms with Crippen LogP contribution in [0, 0.1) is 0 Å². The van der Waals surface area contributed by atoms with E-state index < -0.39 is 0 Å². The van der Waals surface area contributed by atoms with E-state index in [9.17, 15) is 0 Å². The number of nitrogen functional groups attached to an aromatic ring is 1. The minimum absolute atomic E-state index is 0. The molecule has 1 aliphatic heterocycles. The molecule has 4 radical (unpaired) electrons. The van der Waals surface area contributed by atoms with Gasteiger partial charge in [0, 0.05) is 27.3 Å². The predicted molar refractivity (Wildman–Crippen MR) is 39.4 cm³/mol. The third kappa shape index (κ3) is 1.37. The summed E-state index contributed by atoms with van der Waals surface area (Å²) in [7, 11) is 0. The first-order valence-electron chi connectivity index (χ1n) is 2.83. The van der Waals surface area contributed by atoms with Crippen LogP contribution < -0.4 is 16.6 Å². The van der Waals surface area contributed by atoms with E-state index in [1.807, 2.05) is 0 Å². The van der Waals surface area contributed by atoms with E-state index in [1.165, 1.54) is 6.33 Å². The van der Waals surface area contributed by atoms with Gasteiger partial charge in [0.05, 0.1) is 0 Å². The number of nitrogens with zero attached hydrogens (tertiary/aromatic N) is 4. The van der Waals surface area contributed by atoms with Crippen LogP contribution in [-0.4, -0.2) is 43.9 Å². The third-order valence-electron chi connectivity index (χ3n) is 1.28. The molecule has 2 rings (SSSR count). The monoisotopic (exact) mass is 343 g/mol. The van der Waals surface area contributed by atoms with E-state index in [0.717, 1.165) is 0 Å². The summed E-state index contributed by atoms with van der Waals surface area (Å²) in [6.45, 7) is 0.429. The summed E-state index contributed by atoms with van der Waals surface area (Å²) >= 11 is 0. The molecule has 0 spiro atoms. The molecule has 1 aromatic heterocycles. The average Bonchev–Trinajstić information content (AvgIpc) is 2.36. The molecule has 0 amide bonds. The van der Waals surface area contributed by atoms with Crippen LogP contribution in [0.5, 0.6) is 0 Å². The molecular formula is C5H5N5Pb. The molecule has 5 nitrogen and oxygen atoms in total. The molecular weight excluding hydrogens is 337 g/mol. The molecule has 2 heterocycles. The standard InChI is InChI=1S/C5H5N5.Pb/c6-4-3-5(9-1-7-3)10-2-8-4;/h2H,1H2,(H2,6,8,9,10);. The Labute approximate surface area is 82.6 Å². The van der Waals surface area contributed by atoms with E-state index >= 15 is 0 Å². The molecule has 0 saturated heterocycles. The van der Waals surface area contributed by atoms with Gasteiger partial charge < -0.3 is 5.73 Å². The average molecular weight is 342 g/mol. The summed E-state index contributed by atoms with van der Waals surface area (Å²) in [5.41, 5.74) is 6.07. The van der Waals surface area contributed by atoms with Crippen LogP contribution in [0.15, 0.2) is 16.3 Å². The molecule has 0 saturated carbocycles. The third-order valence-corrected chi connectivity index (χ3v) is 1.28. The number of hydrogen-bond acceptors (Lipinski definition) is 5. The number of anilines is 1. The van der Waals surface area contributed by atoms with Gasteiger partial charge in [0.1, 0.15) is 18.4 Å². The summed E-state index contributed by atoms with van der Waals surface area (Å²) in [6, 6.07) is 0. The van der Waals surface area contributed by atoms with Gasteiger partial charge in [-0.3, -0.25) is 4.99 Å². The molecule has 54 valence electrons. The summed E-state index contributed by atoms with van der Waals surface area (Å²) in [6.07, 6.45) is 1.39. The molecule has 0 fully saturated rings. The smallest absolute Gasteiger partial charge is 0.180 e. The molecule has 11 heavy (non-hydrogen) atoms. The molecule has 0 bridgehead atoms. The molecule has 0 atom stereocenters. The fraction of sp³-hybridized carbons (Fsp3) is 0.200. The summed E-state index contributed by atoms with van der Waals surface area (Å²) in [4.78, 5) is 15.6. The summed E-state index contributed by atoms with van der Waals surface area (Å²) in [5.74, 6) is 0.409. The van der Waals surface area contributed by atoms with Crippen LogP contribution in [-0.2, 0) is 0 Å². The van der Waals surface area contributed by atoms with Crippen LogP contribution in [0.3, 0.4) is 0 Å². The number of hydrogen-bond donors (Lipinski definition) is 1. The van der Waals surface area contributed by atoms with Crippen molar-refractivity contribution < 1.29 is 0 Å². The Balaban J connectivity index is 0.000000605. The maximum atomic E-state index is 5.47. The second kappa shape index (κ2) is 3.20. The molecule has 0 aromatic carbocycles. The Hall–Kier alpha value is -0.598. The van der Waals surface area contributed by atoms with Crippen LogP contribution in [0.4, 0.5) is 5.82 Å². The fourth-order valence-corrected chi connectivity index (χ4v) is 0.823. The van der Waals surface area contributed by atoms with Gasteiger partial charge in [-0.05, 0) is 0 Å². The van der Waals surface area contributed by atoms with Crippen molar-refractivity contribution in [2.45, 2.75) is 0 Å². The maximum absolute atomic E-state index is 5.47. The summed E-state index contributed by atoms with van der Waals surface area (Å²) < 4.78 is 0. The molecule has 0 aliphatic carbocycles. The minimum Gasteiger partial charge on any atom is -0.382 e. The predicted octanol–water partition coefficient (Wildman–Crippen LogP) is -2.11. The van der Waals surface area contributed by atoms with Crippen molar-refractivity contribution in [3.8, 4) is 0 Å². The van der Waals surface area contributed by atoms with Crippen molar-refractivity contribution in [2.75, 3.05) is 12.4 Å². The van der Waals surface area contributed by atoms with E-state index in [0.29, 0.717) is 23.3 Å². The minimum atomic E-state index is 0. The van der Waals surface area contributed by atoms with Crippen molar-refractivity contribution in [3.05, 3.63) is 17.2 Å². The Morgan fingerprint density at radius 2 is 2.09 bits per heavy atom. The first-order chi connectivity index (χ1) is 4.88. The second-order valence-electron chi connectivity index (χ2n) is 1.89. The van der Waals surface area contributed by atoms with Crippen molar-refractivity contribution in [2.24, 2.45) is 9.98 Å². The fourth-order valence-electron chi connectivity index (χ4n) is 0.823. The topological polar surface area (TPSA) is 76.5 Å². The van der Waals surface area contributed by atoms with Crippen molar-refractivity contribution >= 4 is 33.1 Å². The van der Waals surface area contributed by atoms with E-state index in [4.69, 9.17) is 5.73 Å². The normalized spacial score (nSPS) is 12.4. The van der Waals surface area contributed by atoms with Crippen LogP contribution in [0.1, 0.15) is 0 Å². The van der Waals surface area contributed by atoms with Crippen LogP contribution in [0.25, 0.3) is 0 Å². The Morgan fingerprint density at radius 1 is 1.27 bits per heavy atom. The van der Waals surface area contributed by atoms with E-state index in [2.05, 4.69) is 20.0 Å². The van der Waals surface area contributed by atoms with Gasteiger partial charge in [0.25, 0.3) is 0 Å². The van der Waals surface area contributed by atoms with Crippen LogP contribution in [0.2, 0.25) is 0 Å². The molecule has 2 N–H and O–H groups in total. The first kappa shape index (κ1) is 8.50. The van der Waals surface area contributed by atoms with Gasteiger partial charge in [-0.1, -0.05) is 0 Å². The van der Waals surface area contributed by atoms with Gasteiger partial charge in [0.2, 0.25) is 0 Å². The Bertz CT molecular complexity index is 373. The molecule has 1 aliphatic rings. The SMILES string of the molecule is Nc1ncnc2c1=NCN=2.[Pb]. The zero-order valence-corrected chi connectivity index (χ0v) is 9.54. The number of rotatable bonds is 0. The largest absolute Gasteiger partial charge is 0.382 e. The first-order valence-corrected chi connectivity index (χ1v) is 2.83. The number of nitrogens with two attached hydrogens (primary N) is 1. The van der Waals surface area contributed by atoms with Gasteiger partial charge in [-0.15, -0.1) is 0 Å². The Morgan fingerprint density at radius 3 is 2.82 bits per heavy atom. The maximum Gasteiger partial charge on any atom is 0.180 e. The quantitative estimate of drug-likeness (QED) is 0.548. The van der Waals surface area contributed by atoms with E-state index in [1.54, 1.807) is 0 Å². The van der Waals surface area contributed by atoms with Crippen molar-refractivity contribution in [1.82, 2.24) is 9.97 Å².